The number of hydrogen-bond acceptors (Lipinski definition) is 3. The lowest BCUT2D eigenvalue weighted by Gasteiger charge is -2.35. The second-order valence-electron chi connectivity index (χ2n) is 7.90. The smallest absolute Gasteiger partial charge is 0.250 e. The van der Waals surface area contributed by atoms with Crippen molar-refractivity contribution in [3.63, 3.8) is 0 Å². The number of carbonyl (C=O) groups excluding carboxylic acids is 2. The first-order valence-electron chi connectivity index (χ1n) is 10.2. The van der Waals surface area contributed by atoms with Crippen molar-refractivity contribution in [1.29, 1.82) is 0 Å². The molecule has 1 N–H and O–H groups in total. The summed E-state index contributed by atoms with van der Waals surface area (Å²) >= 11 is 0. The summed E-state index contributed by atoms with van der Waals surface area (Å²) in [4.78, 5) is 27.3. The molecule has 0 unspecified atom stereocenters. The zero-order chi connectivity index (χ0) is 18.6. The van der Waals surface area contributed by atoms with Crippen molar-refractivity contribution in [3.05, 3.63) is 35.4 Å². The average molecular weight is 368 g/mol. The van der Waals surface area contributed by atoms with Crippen molar-refractivity contribution in [2.45, 2.75) is 51.0 Å². The number of nitrogens with zero attached hydrogens (tertiary/aromatic N) is 1. The number of carbonyl (C=O) groups is 2. The average Bonchev–Trinajstić information content (AvgIpc) is 2.74. The Morgan fingerprint density at radius 2 is 1.74 bits per heavy atom. The first kappa shape index (κ1) is 18.1. The van der Waals surface area contributed by atoms with Crippen LogP contribution in [0.4, 0.5) is 0 Å². The van der Waals surface area contributed by atoms with Crippen LogP contribution < -0.4 is 10.1 Å². The van der Waals surface area contributed by atoms with Crippen LogP contribution in [0.15, 0.2) is 29.8 Å². The Hall–Kier alpha value is -2.30. The second kappa shape index (κ2) is 8.15. The molecule has 0 radical (unpaired) electrons. The summed E-state index contributed by atoms with van der Waals surface area (Å²) < 4.78 is 5.68. The van der Waals surface area contributed by atoms with Gasteiger partial charge in [-0.25, -0.2) is 0 Å². The third kappa shape index (κ3) is 4.18. The van der Waals surface area contributed by atoms with Crippen LogP contribution in [0.3, 0.4) is 0 Å². The van der Waals surface area contributed by atoms with E-state index in [0.29, 0.717) is 18.1 Å². The molecule has 5 heteroatoms. The molecule has 0 bridgehead atoms. The van der Waals surface area contributed by atoms with Gasteiger partial charge in [0.15, 0.2) is 0 Å². The van der Waals surface area contributed by atoms with E-state index in [9.17, 15) is 9.59 Å². The zero-order valence-corrected chi connectivity index (χ0v) is 15.8. The molecule has 27 heavy (non-hydrogen) atoms. The van der Waals surface area contributed by atoms with Crippen molar-refractivity contribution in [3.8, 4) is 5.75 Å². The van der Waals surface area contributed by atoms with E-state index in [1.54, 1.807) is 0 Å². The van der Waals surface area contributed by atoms with E-state index in [1.165, 1.54) is 19.3 Å². The van der Waals surface area contributed by atoms with E-state index in [1.807, 2.05) is 35.2 Å². The minimum absolute atomic E-state index is 0.0541. The molecular formula is C22H28N2O3. The maximum atomic E-state index is 12.7. The maximum absolute atomic E-state index is 12.7. The van der Waals surface area contributed by atoms with Crippen molar-refractivity contribution in [1.82, 2.24) is 10.2 Å². The quantitative estimate of drug-likeness (QED) is 0.892. The van der Waals surface area contributed by atoms with Gasteiger partial charge in [-0.15, -0.1) is 0 Å². The molecule has 3 aliphatic rings. The van der Waals surface area contributed by atoms with E-state index in [-0.39, 0.29) is 17.9 Å². The van der Waals surface area contributed by atoms with E-state index in [2.05, 4.69) is 5.32 Å². The van der Waals surface area contributed by atoms with Gasteiger partial charge < -0.3 is 15.0 Å². The van der Waals surface area contributed by atoms with Gasteiger partial charge in [-0.05, 0) is 37.8 Å². The fourth-order valence-corrected chi connectivity index (χ4v) is 4.38. The fraction of sp³-hybridized carbons (Fsp3) is 0.545. The standard InChI is InChI=1S/C22H28N2O3/c25-21(18-14-17-8-4-5-9-20(17)27-15-18)23-19-10-12-24(13-11-19)22(26)16-6-2-1-3-7-16/h4-5,8-9,14,16,19H,1-3,6-7,10-13,15H2,(H,23,25). The van der Waals surface area contributed by atoms with Gasteiger partial charge in [-0.1, -0.05) is 37.5 Å². The van der Waals surface area contributed by atoms with Gasteiger partial charge in [-0.3, -0.25) is 9.59 Å². The fourth-order valence-electron chi connectivity index (χ4n) is 4.38. The molecule has 1 saturated heterocycles. The Morgan fingerprint density at radius 3 is 2.52 bits per heavy atom. The first-order chi connectivity index (χ1) is 13.2. The molecule has 5 nitrogen and oxygen atoms in total. The van der Waals surface area contributed by atoms with Gasteiger partial charge in [0.05, 0.1) is 5.57 Å². The van der Waals surface area contributed by atoms with Crippen molar-refractivity contribution in [2.24, 2.45) is 5.92 Å². The van der Waals surface area contributed by atoms with E-state index >= 15 is 0 Å². The van der Waals surface area contributed by atoms with Gasteiger partial charge >= 0.3 is 0 Å². The maximum Gasteiger partial charge on any atom is 0.250 e. The zero-order valence-electron chi connectivity index (χ0n) is 15.8. The lowest BCUT2D eigenvalue weighted by atomic mass is 9.87. The minimum atomic E-state index is -0.0541. The molecule has 0 spiro atoms. The summed E-state index contributed by atoms with van der Waals surface area (Å²) in [6.07, 6.45) is 9.30. The summed E-state index contributed by atoms with van der Waals surface area (Å²) in [6.45, 7) is 1.80. The van der Waals surface area contributed by atoms with E-state index < -0.39 is 0 Å². The highest BCUT2D eigenvalue weighted by atomic mass is 16.5. The predicted octanol–water partition coefficient (Wildman–Crippen LogP) is 3.15. The Bertz CT molecular complexity index is 729. The molecule has 1 saturated carbocycles. The summed E-state index contributed by atoms with van der Waals surface area (Å²) in [5.74, 6) is 1.33. The van der Waals surface area contributed by atoms with Gasteiger partial charge in [0.25, 0.3) is 5.91 Å². The number of likely N-dealkylation sites (tertiary alicyclic amines) is 1. The lowest BCUT2D eigenvalue weighted by molar-refractivity contribution is -0.137. The summed E-state index contributed by atoms with van der Waals surface area (Å²) in [7, 11) is 0. The number of para-hydroxylation sites is 1. The Labute approximate surface area is 160 Å². The topological polar surface area (TPSA) is 58.6 Å². The normalized spacial score (nSPS) is 21.0. The van der Waals surface area contributed by atoms with Gasteiger partial charge in [-0.2, -0.15) is 0 Å². The predicted molar refractivity (Wildman–Crippen MR) is 104 cm³/mol. The molecule has 1 aromatic rings. The molecule has 2 aliphatic heterocycles. The van der Waals surface area contributed by atoms with Crippen LogP contribution in [-0.4, -0.2) is 42.5 Å². The number of amides is 2. The van der Waals surface area contributed by atoms with Crippen LogP contribution in [0.2, 0.25) is 0 Å². The van der Waals surface area contributed by atoms with Crippen molar-refractivity contribution >= 4 is 17.9 Å². The monoisotopic (exact) mass is 368 g/mol. The van der Waals surface area contributed by atoms with Crippen LogP contribution in [0, 0.1) is 5.92 Å². The summed E-state index contributed by atoms with van der Waals surface area (Å²) in [5, 5.41) is 3.13. The molecule has 2 fully saturated rings. The highest BCUT2D eigenvalue weighted by Crippen LogP contribution is 2.27. The van der Waals surface area contributed by atoms with E-state index in [4.69, 9.17) is 4.74 Å². The number of hydrogen-bond donors (Lipinski definition) is 1. The third-order valence-electron chi connectivity index (χ3n) is 6.02. The molecule has 2 heterocycles. The van der Waals surface area contributed by atoms with Crippen LogP contribution in [-0.2, 0) is 9.59 Å². The minimum Gasteiger partial charge on any atom is -0.488 e. The first-order valence-corrected chi connectivity index (χ1v) is 10.2. The van der Waals surface area contributed by atoms with Crippen LogP contribution in [0.25, 0.3) is 6.08 Å². The molecule has 1 aliphatic carbocycles. The second-order valence-corrected chi connectivity index (χ2v) is 7.90. The van der Waals surface area contributed by atoms with Crippen LogP contribution >= 0.6 is 0 Å². The number of ether oxygens (including phenoxy) is 1. The van der Waals surface area contributed by atoms with Gasteiger partial charge in [0, 0.05) is 30.6 Å². The molecule has 1 aromatic carbocycles. The lowest BCUT2D eigenvalue weighted by Crippen LogP contribution is -2.48. The summed E-state index contributed by atoms with van der Waals surface area (Å²) in [6, 6.07) is 7.88. The molecule has 0 aromatic heterocycles. The van der Waals surface area contributed by atoms with Crippen LogP contribution in [0.1, 0.15) is 50.5 Å². The molecule has 0 atom stereocenters. The molecular weight excluding hydrogens is 340 g/mol. The largest absolute Gasteiger partial charge is 0.488 e. The molecule has 4 rings (SSSR count). The van der Waals surface area contributed by atoms with Crippen molar-refractivity contribution in [2.75, 3.05) is 19.7 Å². The highest BCUT2D eigenvalue weighted by molar-refractivity contribution is 5.99. The Morgan fingerprint density at radius 1 is 1.00 bits per heavy atom. The van der Waals surface area contributed by atoms with Gasteiger partial charge in [0.2, 0.25) is 5.91 Å². The molecule has 144 valence electrons. The number of piperidine rings is 1. The van der Waals surface area contributed by atoms with Crippen LogP contribution in [0.5, 0.6) is 5.75 Å². The van der Waals surface area contributed by atoms with E-state index in [0.717, 1.165) is 50.1 Å². The van der Waals surface area contributed by atoms with Gasteiger partial charge in [0.1, 0.15) is 12.4 Å². The number of rotatable bonds is 3. The highest BCUT2D eigenvalue weighted by Gasteiger charge is 2.30. The SMILES string of the molecule is O=C(NC1CCN(C(=O)C2CCCCC2)CC1)C1=Cc2ccccc2OC1. The number of nitrogens with one attached hydrogen (secondary N) is 1. The Kier molecular flexibility index (Phi) is 5.46. The number of benzene rings is 1. The Balaban J connectivity index is 1.29. The summed E-state index contributed by atoms with van der Waals surface area (Å²) in [5.41, 5.74) is 1.61. The third-order valence-corrected chi connectivity index (χ3v) is 6.02. The molecule has 2 amide bonds. The number of fused-ring (bicyclic) bond motifs is 1. The van der Waals surface area contributed by atoms with Crippen molar-refractivity contribution < 1.29 is 14.3 Å².